The lowest BCUT2D eigenvalue weighted by Crippen LogP contribution is -2.38. The quantitative estimate of drug-likeness (QED) is 0.631. The average molecular weight is 460 g/mol. The number of ether oxygens (including phenoxy) is 1. The fourth-order valence-electron chi connectivity index (χ4n) is 3.48. The van der Waals surface area contributed by atoms with Gasteiger partial charge in [0.2, 0.25) is 0 Å². The van der Waals surface area contributed by atoms with Gasteiger partial charge >= 0.3 is 0 Å². The molecule has 0 saturated carbocycles. The Morgan fingerprint density at radius 1 is 1.31 bits per heavy atom. The summed E-state index contributed by atoms with van der Waals surface area (Å²) in [6.07, 6.45) is 1.62. The van der Waals surface area contributed by atoms with Crippen LogP contribution in [0.15, 0.2) is 51.7 Å². The van der Waals surface area contributed by atoms with Gasteiger partial charge in [0.05, 0.1) is 29.1 Å². The molecule has 0 aliphatic carbocycles. The molecule has 150 valence electrons. The Balaban J connectivity index is 1.68. The summed E-state index contributed by atoms with van der Waals surface area (Å²) < 4.78 is 20.6. The third kappa shape index (κ3) is 4.38. The number of halogens is 2. The molecule has 1 aliphatic heterocycles. The molecular formula is C21H19BrFN3O3. The summed E-state index contributed by atoms with van der Waals surface area (Å²) in [6.45, 7) is 0.981. The van der Waals surface area contributed by atoms with Crippen LogP contribution >= 0.6 is 15.9 Å². The number of H-pyrrole nitrogens is 1. The van der Waals surface area contributed by atoms with Crippen LogP contribution < -0.4 is 5.56 Å². The van der Waals surface area contributed by atoms with Gasteiger partial charge in [0.1, 0.15) is 11.6 Å². The number of hydrogen-bond donors (Lipinski definition) is 1. The Kier molecular flexibility index (Phi) is 5.73. The van der Waals surface area contributed by atoms with Crippen molar-refractivity contribution in [1.82, 2.24) is 14.9 Å². The van der Waals surface area contributed by atoms with E-state index in [1.165, 1.54) is 17.0 Å². The molecule has 1 saturated heterocycles. The van der Waals surface area contributed by atoms with E-state index in [0.717, 1.165) is 12.8 Å². The third-order valence-electron chi connectivity index (χ3n) is 4.90. The second-order valence-electron chi connectivity index (χ2n) is 6.97. The summed E-state index contributed by atoms with van der Waals surface area (Å²) in [5.74, 6) is -0.735. The monoisotopic (exact) mass is 459 g/mol. The van der Waals surface area contributed by atoms with E-state index in [2.05, 4.69) is 25.9 Å². The van der Waals surface area contributed by atoms with E-state index in [1.807, 2.05) is 0 Å². The summed E-state index contributed by atoms with van der Waals surface area (Å²) >= 11 is 3.28. The van der Waals surface area contributed by atoms with Gasteiger partial charge in [-0.3, -0.25) is 9.59 Å². The normalized spacial score (nSPS) is 16.3. The minimum atomic E-state index is -0.601. The number of aromatic nitrogens is 2. The maximum atomic E-state index is 14.3. The minimum Gasteiger partial charge on any atom is -0.376 e. The lowest BCUT2D eigenvalue weighted by Gasteiger charge is -2.25. The van der Waals surface area contributed by atoms with Gasteiger partial charge in [-0.05, 0) is 43.2 Å². The number of carbonyl (C=O) groups excluding carboxylic acids is 1. The van der Waals surface area contributed by atoms with Crippen molar-refractivity contribution >= 4 is 32.7 Å². The molecule has 0 radical (unpaired) electrons. The Morgan fingerprint density at radius 2 is 2.14 bits per heavy atom. The molecule has 1 aliphatic rings. The highest BCUT2D eigenvalue weighted by Gasteiger charge is 2.26. The largest absolute Gasteiger partial charge is 0.376 e. The molecule has 0 bridgehead atoms. The van der Waals surface area contributed by atoms with Gasteiger partial charge in [-0.25, -0.2) is 9.37 Å². The van der Waals surface area contributed by atoms with Gasteiger partial charge in [0, 0.05) is 17.6 Å². The molecule has 1 N–H and O–H groups in total. The molecular weight excluding hydrogens is 441 g/mol. The first-order valence-corrected chi connectivity index (χ1v) is 10.1. The van der Waals surface area contributed by atoms with Crippen LogP contribution in [-0.4, -0.2) is 40.0 Å². The maximum absolute atomic E-state index is 14.3. The number of para-hydroxylation sites is 1. The van der Waals surface area contributed by atoms with Crippen LogP contribution in [0.2, 0.25) is 0 Å². The Morgan fingerprint density at radius 3 is 2.93 bits per heavy atom. The van der Waals surface area contributed by atoms with Crippen molar-refractivity contribution in [2.45, 2.75) is 25.5 Å². The van der Waals surface area contributed by atoms with Gasteiger partial charge in [-0.2, -0.15) is 0 Å². The van der Waals surface area contributed by atoms with Crippen molar-refractivity contribution in [2.75, 3.05) is 13.2 Å². The predicted molar refractivity (Wildman–Crippen MR) is 110 cm³/mol. The third-order valence-corrected chi connectivity index (χ3v) is 5.39. The number of amides is 1. The van der Waals surface area contributed by atoms with Gasteiger partial charge in [-0.15, -0.1) is 0 Å². The van der Waals surface area contributed by atoms with E-state index < -0.39 is 11.7 Å². The molecule has 1 atom stereocenters. The first-order chi connectivity index (χ1) is 14.0. The second-order valence-corrected chi connectivity index (χ2v) is 7.89. The minimum absolute atomic E-state index is 0.0412. The van der Waals surface area contributed by atoms with E-state index >= 15 is 0 Å². The lowest BCUT2D eigenvalue weighted by atomic mass is 10.1. The summed E-state index contributed by atoms with van der Waals surface area (Å²) in [6, 6.07) is 11.2. The van der Waals surface area contributed by atoms with Crippen molar-refractivity contribution in [3.63, 3.8) is 0 Å². The molecule has 2 aromatic carbocycles. The zero-order valence-electron chi connectivity index (χ0n) is 15.5. The smallest absolute Gasteiger partial charge is 0.258 e. The topological polar surface area (TPSA) is 75.3 Å². The van der Waals surface area contributed by atoms with Crippen LogP contribution in [0, 0.1) is 5.82 Å². The summed E-state index contributed by atoms with van der Waals surface area (Å²) in [5.41, 5.74) is 0.230. The fraction of sp³-hybridized carbons (Fsp3) is 0.286. The lowest BCUT2D eigenvalue weighted by molar-refractivity contribution is 0.0497. The number of nitrogens with zero attached hydrogens (tertiary/aromatic N) is 2. The highest BCUT2D eigenvalue weighted by Crippen LogP contribution is 2.21. The standard InChI is InChI=1S/C21H19BrFN3O3/c22-13-7-8-17(23)16(10-13)21(28)26(11-14-4-3-9-29-14)12-19-24-18-6-2-1-5-15(18)20(27)25-19/h1-2,5-8,10,14H,3-4,9,11-12H2,(H,24,25,27)/t14-/m0/s1. The number of aromatic amines is 1. The number of fused-ring (bicyclic) bond motifs is 1. The zero-order chi connectivity index (χ0) is 20.4. The van der Waals surface area contributed by atoms with Crippen LogP contribution in [0.25, 0.3) is 10.9 Å². The number of benzene rings is 2. The molecule has 1 fully saturated rings. The number of hydrogen-bond acceptors (Lipinski definition) is 4. The molecule has 3 aromatic rings. The average Bonchev–Trinajstić information content (AvgIpc) is 3.22. The van der Waals surface area contributed by atoms with E-state index in [0.29, 0.717) is 34.4 Å². The molecule has 6 nitrogen and oxygen atoms in total. The molecule has 1 amide bonds. The number of rotatable bonds is 5. The van der Waals surface area contributed by atoms with Gasteiger partial charge in [0.25, 0.3) is 11.5 Å². The van der Waals surface area contributed by atoms with Crippen molar-refractivity contribution in [1.29, 1.82) is 0 Å². The van der Waals surface area contributed by atoms with Crippen LogP contribution in [0.3, 0.4) is 0 Å². The second kappa shape index (κ2) is 8.42. The Bertz CT molecular complexity index is 1110. The molecule has 4 rings (SSSR count). The first-order valence-electron chi connectivity index (χ1n) is 9.35. The van der Waals surface area contributed by atoms with Crippen molar-refractivity contribution in [3.05, 3.63) is 74.5 Å². The predicted octanol–water partition coefficient (Wildman–Crippen LogP) is 3.65. The zero-order valence-corrected chi connectivity index (χ0v) is 17.1. The van der Waals surface area contributed by atoms with Gasteiger partial charge in [-0.1, -0.05) is 28.1 Å². The molecule has 29 heavy (non-hydrogen) atoms. The van der Waals surface area contributed by atoms with Crippen LogP contribution in [-0.2, 0) is 11.3 Å². The van der Waals surface area contributed by atoms with Crippen molar-refractivity contribution in [2.24, 2.45) is 0 Å². The molecule has 0 spiro atoms. The van der Waals surface area contributed by atoms with Crippen LogP contribution in [0.5, 0.6) is 0 Å². The maximum Gasteiger partial charge on any atom is 0.258 e. The van der Waals surface area contributed by atoms with Crippen molar-refractivity contribution < 1.29 is 13.9 Å². The molecule has 2 heterocycles. The summed E-state index contributed by atoms with van der Waals surface area (Å²) in [5, 5.41) is 0.478. The van der Waals surface area contributed by atoms with E-state index in [4.69, 9.17) is 4.74 Å². The molecule has 1 aromatic heterocycles. The SMILES string of the molecule is O=C(c1cc(Br)ccc1F)N(Cc1nc2ccccc2c(=O)[nH]1)C[C@@H]1CCCO1. The molecule has 0 unspecified atom stereocenters. The number of nitrogens with one attached hydrogen (secondary N) is 1. The Hall–Kier alpha value is -2.58. The highest BCUT2D eigenvalue weighted by molar-refractivity contribution is 9.10. The number of carbonyl (C=O) groups is 1. The van der Waals surface area contributed by atoms with E-state index in [1.54, 1.807) is 30.3 Å². The van der Waals surface area contributed by atoms with Crippen LogP contribution in [0.1, 0.15) is 29.0 Å². The fourth-order valence-corrected chi connectivity index (χ4v) is 3.84. The Labute approximate surface area is 174 Å². The van der Waals surface area contributed by atoms with Gasteiger partial charge in [0.15, 0.2) is 0 Å². The molecule has 8 heteroatoms. The highest BCUT2D eigenvalue weighted by atomic mass is 79.9. The van der Waals surface area contributed by atoms with E-state index in [9.17, 15) is 14.0 Å². The van der Waals surface area contributed by atoms with Crippen LogP contribution in [0.4, 0.5) is 4.39 Å². The first kappa shape index (κ1) is 19.7. The summed E-state index contributed by atoms with van der Waals surface area (Å²) in [7, 11) is 0. The van der Waals surface area contributed by atoms with Crippen molar-refractivity contribution in [3.8, 4) is 0 Å². The van der Waals surface area contributed by atoms with E-state index in [-0.39, 0.29) is 23.8 Å². The van der Waals surface area contributed by atoms with Gasteiger partial charge < -0.3 is 14.6 Å². The summed E-state index contributed by atoms with van der Waals surface area (Å²) in [4.78, 5) is 34.2.